The van der Waals surface area contributed by atoms with E-state index in [1.54, 1.807) is 44.2 Å². The standard InChI is InChI=1S/C18H19F3N2O2/c1-17(2)10-15(24)22-23(17)16(18(19,20)21)14-9-12(25-3)8-11-6-4-5-7-13(11)14/h4-9,16H,10H2,1-3H3,(H,22,24). The predicted octanol–water partition coefficient (Wildman–Crippen LogP) is 3.97. The molecule has 1 heterocycles. The summed E-state index contributed by atoms with van der Waals surface area (Å²) in [6.07, 6.45) is -4.58. The van der Waals surface area contributed by atoms with Crippen molar-refractivity contribution in [3.8, 4) is 5.75 Å². The van der Waals surface area contributed by atoms with Crippen molar-refractivity contribution in [1.29, 1.82) is 0 Å². The Labute approximate surface area is 143 Å². The van der Waals surface area contributed by atoms with Crippen molar-refractivity contribution in [3.63, 3.8) is 0 Å². The number of nitrogens with one attached hydrogen (secondary N) is 1. The average molecular weight is 352 g/mol. The molecule has 0 aromatic heterocycles. The maximum Gasteiger partial charge on any atom is 0.409 e. The van der Waals surface area contributed by atoms with Crippen molar-refractivity contribution in [2.24, 2.45) is 0 Å². The van der Waals surface area contributed by atoms with Gasteiger partial charge in [0, 0.05) is 12.0 Å². The van der Waals surface area contributed by atoms with Gasteiger partial charge in [-0.25, -0.2) is 0 Å². The lowest BCUT2D eigenvalue weighted by atomic mass is 9.93. The smallest absolute Gasteiger partial charge is 0.409 e. The van der Waals surface area contributed by atoms with Gasteiger partial charge in [0.05, 0.1) is 7.11 Å². The highest BCUT2D eigenvalue weighted by Gasteiger charge is 2.53. The first-order valence-corrected chi connectivity index (χ1v) is 7.86. The van der Waals surface area contributed by atoms with Gasteiger partial charge >= 0.3 is 6.18 Å². The fraction of sp³-hybridized carbons (Fsp3) is 0.389. The number of hydrogen-bond donors (Lipinski definition) is 1. The fourth-order valence-corrected chi connectivity index (χ4v) is 3.33. The molecular weight excluding hydrogens is 333 g/mol. The molecule has 1 N–H and O–H groups in total. The molecule has 3 rings (SSSR count). The summed E-state index contributed by atoms with van der Waals surface area (Å²) < 4.78 is 47.4. The van der Waals surface area contributed by atoms with Crippen LogP contribution in [0.25, 0.3) is 10.8 Å². The summed E-state index contributed by atoms with van der Waals surface area (Å²) in [7, 11) is 1.41. The number of hydrazine groups is 1. The van der Waals surface area contributed by atoms with Gasteiger partial charge < -0.3 is 4.74 Å². The summed E-state index contributed by atoms with van der Waals surface area (Å²) in [4.78, 5) is 11.8. The van der Waals surface area contributed by atoms with Crippen LogP contribution >= 0.6 is 0 Å². The van der Waals surface area contributed by atoms with Crippen LogP contribution in [-0.2, 0) is 4.79 Å². The molecule has 4 nitrogen and oxygen atoms in total. The highest BCUT2D eigenvalue weighted by atomic mass is 19.4. The van der Waals surface area contributed by atoms with Gasteiger partial charge in [0.2, 0.25) is 5.91 Å². The van der Waals surface area contributed by atoms with Gasteiger partial charge in [-0.05, 0) is 42.3 Å². The van der Waals surface area contributed by atoms with Crippen LogP contribution in [0.5, 0.6) is 5.75 Å². The molecule has 0 aliphatic carbocycles. The summed E-state index contributed by atoms with van der Waals surface area (Å²) in [6, 6.07) is 7.95. The molecule has 0 spiro atoms. The van der Waals surface area contributed by atoms with Gasteiger partial charge in [0.1, 0.15) is 5.75 Å². The van der Waals surface area contributed by atoms with Crippen LogP contribution in [0.2, 0.25) is 0 Å². The first kappa shape index (κ1) is 17.5. The van der Waals surface area contributed by atoms with Crippen molar-refractivity contribution in [1.82, 2.24) is 10.4 Å². The molecule has 1 unspecified atom stereocenters. The number of rotatable bonds is 3. The lowest BCUT2D eigenvalue weighted by molar-refractivity contribution is -0.203. The third kappa shape index (κ3) is 3.16. The minimum atomic E-state index is -4.58. The molecule has 25 heavy (non-hydrogen) atoms. The Morgan fingerprint density at radius 2 is 1.92 bits per heavy atom. The molecule has 1 aliphatic rings. The zero-order chi connectivity index (χ0) is 18.4. The molecule has 2 aromatic carbocycles. The first-order valence-electron chi connectivity index (χ1n) is 7.86. The summed E-state index contributed by atoms with van der Waals surface area (Å²) in [5.74, 6) is -0.0854. The SMILES string of the molecule is COc1cc(C(N2NC(=O)CC2(C)C)C(F)(F)F)c2ccccc2c1. The van der Waals surface area contributed by atoms with E-state index in [0.717, 1.165) is 5.01 Å². The van der Waals surface area contributed by atoms with E-state index in [0.29, 0.717) is 16.5 Å². The number of alkyl halides is 3. The third-order valence-electron chi connectivity index (χ3n) is 4.46. The fourth-order valence-electron chi connectivity index (χ4n) is 3.33. The highest BCUT2D eigenvalue weighted by Crippen LogP contribution is 2.45. The van der Waals surface area contributed by atoms with Crippen LogP contribution in [0.15, 0.2) is 36.4 Å². The number of benzene rings is 2. The molecule has 1 fully saturated rings. The Morgan fingerprint density at radius 3 is 2.48 bits per heavy atom. The zero-order valence-corrected chi connectivity index (χ0v) is 14.1. The second kappa shape index (κ2) is 5.91. The van der Waals surface area contributed by atoms with Crippen molar-refractivity contribution in [2.75, 3.05) is 7.11 Å². The number of fused-ring (bicyclic) bond motifs is 1. The second-order valence-corrected chi connectivity index (χ2v) is 6.78. The van der Waals surface area contributed by atoms with E-state index < -0.39 is 23.7 Å². The van der Waals surface area contributed by atoms with Gasteiger partial charge in [-0.2, -0.15) is 18.2 Å². The first-order chi connectivity index (χ1) is 11.6. The molecule has 1 saturated heterocycles. The molecule has 1 atom stereocenters. The molecule has 2 aromatic rings. The van der Waals surface area contributed by atoms with Crippen LogP contribution in [0.1, 0.15) is 31.9 Å². The quantitative estimate of drug-likeness (QED) is 0.909. The van der Waals surface area contributed by atoms with Crippen molar-refractivity contribution in [3.05, 3.63) is 42.0 Å². The van der Waals surface area contributed by atoms with Crippen LogP contribution in [-0.4, -0.2) is 29.7 Å². The summed E-state index contributed by atoms with van der Waals surface area (Å²) in [6.45, 7) is 3.23. The molecule has 1 aliphatic heterocycles. The predicted molar refractivity (Wildman–Crippen MR) is 88.0 cm³/mol. The van der Waals surface area contributed by atoms with Crippen molar-refractivity contribution < 1.29 is 22.7 Å². The van der Waals surface area contributed by atoms with Gasteiger partial charge in [-0.15, -0.1) is 0 Å². The number of halogens is 3. The molecule has 0 radical (unpaired) electrons. The second-order valence-electron chi connectivity index (χ2n) is 6.78. The monoisotopic (exact) mass is 352 g/mol. The molecule has 0 bridgehead atoms. The Bertz CT molecular complexity index is 818. The van der Waals surface area contributed by atoms with Crippen molar-refractivity contribution >= 4 is 16.7 Å². The lowest BCUT2D eigenvalue weighted by Gasteiger charge is -2.38. The Balaban J connectivity index is 2.25. The molecule has 1 amide bonds. The maximum atomic E-state index is 14.1. The van der Waals surface area contributed by atoms with Crippen molar-refractivity contribution in [2.45, 2.75) is 38.0 Å². The number of carbonyl (C=O) groups excluding carboxylic acids is 1. The van der Waals surface area contributed by atoms with E-state index in [1.165, 1.54) is 13.2 Å². The van der Waals surface area contributed by atoms with Gasteiger partial charge in [-0.3, -0.25) is 10.2 Å². The molecule has 7 heteroatoms. The minimum Gasteiger partial charge on any atom is -0.497 e. The number of nitrogens with zero attached hydrogens (tertiary/aromatic N) is 1. The van der Waals surface area contributed by atoms with Crippen LogP contribution in [0, 0.1) is 0 Å². The summed E-state index contributed by atoms with van der Waals surface area (Å²) >= 11 is 0. The minimum absolute atomic E-state index is 0.00147. The zero-order valence-electron chi connectivity index (χ0n) is 14.1. The van der Waals surface area contributed by atoms with E-state index in [2.05, 4.69) is 5.43 Å². The maximum absolute atomic E-state index is 14.1. The Hall–Kier alpha value is -2.28. The van der Waals surface area contributed by atoms with E-state index in [4.69, 9.17) is 4.74 Å². The number of methoxy groups -OCH3 is 1. The lowest BCUT2D eigenvalue weighted by Crippen LogP contribution is -2.51. The highest BCUT2D eigenvalue weighted by molar-refractivity contribution is 5.88. The normalized spacial score (nSPS) is 19.0. The topological polar surface area (TPSA) is 41.6 Å². The molecular formula is C18H19F3N2O2. The van der Waals surface area contributed by atoms with Gasteiger partial charge in [0.15, 0.2) is 6.04 Å². The number of ether oxygens (including phenoxy) is 1. The molecule has 0 saturated carbocycles. The largest absolute Gasteiger partial charge is 0.497 e. The van der Waals surface area contributed by atoms with E-state index >= 15 is 0 Å². The third-order valence-corrected chi connectivity index (χ3v) is 4.46. The molecule has 134 valence electrons. The summed E-state index contributed by atoms with van der Waals surface area (Å²) in [5, 5.41) is 2.13. The van der Waals surface area contributed by atoms with Crippen LogP contribution in [0.3, 0.4) is 0 Å². The van der Waals surface area contributed by atoms with E-state index in [-0.39, 0.29) is 12.0 Å². The number of amides is 1. The summed E-state index contributed by atoms with van der Waals surface area (Å²) in [5.41, 5.74) is 1.47. The Morgan fingerprint density at radius 1 is 1.24 bits per heavy atom. The van der Waals surface area contributed by atoms with Crippen LogP contribution < -0.4 is 10.2 Å². The van der Waals surface area contributed by atoms with Gasteiger partial charge in [0.25, 0.3) is 0 Å². The Kier molecular flexibility index (Phi) is 4.15. The van der Waals surface area contributed by atoms with Crippen LogP contribution in [0.4, 0.5) is 13.2 Å². The van der Waals surface area contributed by atoms with E-state index in [1.807, 2.05) is 0 Å². The van der Waals surface area contributed by atoms with Gasteiger partial charge in [-0.1, -0.05) is 24.3 Å². The van der Waals surface area contributed by atoms with E-state index in [9.17, 15) is 18.0 Å². The number of hydrogen-bond acceptors (Lipinski definition) is 3. The number of carbonyl (C=O) groups is 1. The average Bonchev–Trinajstić information content (AvgIpc) is 2.78.